The summed E-state index contributed by atoms with van der Waals surface area (Å²) in [4.78, 5) is 24.6. The number of carbonyl (C=O) groups is 2. The molecule has 0 saturated heterocycles. The number of benzene rings is 1. The van der Waals surface area contributed by atoms with E-state index < -0.39 is 11.7 Å². The molecule has 4 nitrogen and oxygen atoms in total. The summed E-state index contributed by atoms with van der Waals surface area (Å²) in [6, 6.07) is 3.95. The zero-order valence-electron chi connectivity index (χ0n) is 13.9. The van der Waals surface area contributed by atoms with E-state index in [-0.39, 0.29) is 0 Å². The lowest BCUT2D eigenvalue weighted by Gasteiger charge is -2.13. The normalized spacial score (nSPS) is 11.4. The van der Waals surface area contributed by atoms with Crippen LogP contribution in [0.2, 0.25) is 0 Å². The Morgan fingerprint density at radius 3 is 2.09 bits per heavy atom. The van der Waals surface area contributed by atoms with Crippen molar-refractivity contribution >= 4 is 28.5 Å². The highest BCUT2D eigenvalue weighted by Gasteiger charge is 2.22. The van der Waals surface area contributed by atoms with Crippen LogP contribution in [0.15, 0.2) is 17.2 Å². The standard InChI is InChI=1S/C17H24N2O2S/c1-6-12-9-11(4)10-13(7-2)15(12)16(20)17(21)19-18-14(8-3)22-5/h9-10H,6-8H2,1-5H3,(H,19,21). The van der Waals surface area contributed by atoms with Crippen LogP contribution in [0.1, 0.15) is 54.2 Å². The molecule has 120 valence electrons. The average Bonchev–Trinajstić information content (AvgIpc) is 2.53. The summed E-state index contributed by atoms with van der Waals surface area (Å²) >= 11 is 1.46. The van der Waals surface area contributed by atoms with Crippen LogP contribution in [0.4, 0.5) is 0 Å². The van der Waals surface area contributed by atoms with Gasteiger partial charge in [0.05, 0.1) is 5.04 Å². The molecule has 5 heteroatoms. The fraction of sp³-hybridized carbons (Fsp3) is 0.471. The Hall–Kier alpha value is -1.62. The average molecular weight is 320 g/mol. The van der Waals surface area contributed by atoms with Gasteiger partial charge in [0.15, 0.2) is 0 Å². The molecule has 0 radical (unpaired) electrons. The van der Waals surface area contributed by atoms with Crippen LogP contribution >= 0.6 is 11.8 Å². The number of thioether (sulfide) groups is 1. The molecule has 1 rings (SSSR count). The van der Waals surface area contributed by atoms with Gasteiger partial charge in [-0.2, -0.15) is 5.10 Å². The molecule has 22 heavy (non-hydrogen) atoms. The van der Waals surface area contributed by atoms with Gasteiger partial charge in [-0.1, -0.05) is 38.5 Å². The number of Topliss-reactive ketones (excluding diaryl/α,β-unsaturated/α-hetero) is 1. The van der Waals surface area contributed by atoms with Crippen molar-refractivity contribution in [2.45, 2.75) is 47.0 Å². The smallest absolute Gasteiger partial charge is 0.283 e. The lowest BCUT2D eigenvalue weighted by molar-refractivity contribution is -0.117. The van der Waals surface area contributed by atoms with Gasteiger partial charge in [0.2, 0.25) is 0 Å². The summed E-state index contributed by atoms with van der Waals surface area (Å²) in [6.45, 7) is 7.94. The van der Waals surface area contributed by atoms with Gasteiger partial charge in [-0.15, -0.1) is 11.8 Å². The minimum Gasteiger partial charge on any atom is -0.283 e. The van der Waals surface area contributed by atoms with Gasteiger partial charge in [0.1, 0.15) is 0 Å². The van der Waals surface area contributed by atoms with Gasteiger partial charge in [0.25, 0.3) is 5.78 Å². The van der Waals surface area contributed by atoms with Crippen molar-refractivity contribution in [3.8, 4) is 0 Å². The largest absolute Gasteiger partial charge is 0.312 e. The highest BCUT2D eigenvalue weighted by molar-refractivity contribution is 8.13. The van der Waals surface area contributed by atoms with E-state index in [1.807, 2.05) is 46.1 Å². The van der Waals surface area contributed by atoms with Crippen molar-refractivity contribution in [3.05, 3.63) is 34.4 Å². The van der Waals surface area contributed by atoms with Gasteiger partial charge >= 0.3 is 5.91 Å². The molecule has 0 aromatic heterocycles. The number of aryl methyl sites for hydroxylation is 3. The second-order valence-electron chi connectivity index (χ2n) is 5.00. The lowest BCUT2D eigenvalue weighted by Crippen LogP contribution is -2.29. The zero-order valence-corrected chi connectivity index (χ0v) is 14.8. The Bertz CT molecular complexity index is 563. The summed E-state index contributed by atoms with van der Waals surface area (Å²) in [5.74, 6) is -1.18. The van der Waals surface area contributed by atoms with Crippen LogP contribution in [0.3, 0.4) is 0 Å². The quantitative estimate of drug-likeness (QED) is 0.287. The zero-order chi connectivity index (χ0) is 16.7. The lowest BCUT2D eigenvalue weighted by atomic mass is 9.92. The molecule has 0 fully saturated rings. The first-order valence-corrected chi connectivity index (χ1v) is 8.78. The third-order valence-electron chi connectivity index (χ3n) is 3.46. The maximum Gasteiger partial charge on any atom is 0.312 e. The summed E-state index contributed by atoms with van der Waals surface area (Å²) in [5.41, 5.74) is 5.86. The van der Waals surface area contributed by atoms with Crippen LogP contribution in [-0.2, 0) is 17.6 Å². The van der Waals surface area contributed by atoms with E-state index >= 15 is 0 Å². The summed E-state index contributed by atoms with van der Waals surface area (Å²) in [6.07, 6.45) is 4.05. The first-order valence-electron chi connectivity index (χ1n) is 7.55. The molecular formula is C17H24N2O2S. The molecule has 1 amide bonds. The fourth-order valence-electron chi connectivity index (χ4n) is 2.34. The topological polar surface area (TPSA) is 58.5 Å². The maximum atomic E-state index is 12.5. The van der Waals surface area contributed by atoms with Gasteiger partial charge in [-0.3, -0.25) is 9.59 Å². The first-order chi connectivity index (χ1) is 10.5. The van der Waals surface area contributed by atoms with Crippen LogP contribution in [-0.4, -0.2) is 23.0 Å². The number of hydrazone groups is 1. The van der Waals surface area contributed by atoms with Crippen LogP contribution in [0.5, 0.6) is 0 Å². The van der Waals surface area contributed by atoms with Gasteiger partial charge in [0, 0.05) is 5.56 Å². The van der Waals surface area contributed by atoms with Crippen molar-refractivity contribution in [3.63, 3.8) is 0 Å². The number of amides is 1. The molecule has 0 atom stereocenters. The Morgan fingerprint density at radius 1 is 1.14 bits per heavy atom. The molecule has 1 aromatic rings. The maximum absolute atomic E-state index is 12.5. The van der Waals surface area contributed by atoms with Gasteiger partial charge in [-0.05, 0) is 43.6 Å². The van der Waals surface area contributed by atoms with Crippen molar-refractivity contribution < 1.29 is 9.59 Å². The van der Waals surface area contributed by atoms with Crippen molar-refractivity contribution in [2.24, 2.45) is 5.10 Å². The number of hydrogen-bond acceptors (Lipinski definition) is 4. The van der Waals surface area contributed by atoms with E-state index in [0.717, 1.165) is 41.0 Å². The number of ketones is 1. The number of hydrogen-bond donors (Lipinski definition) is 1. The third kappa shape index (κ3) is 4.44. The molecule has 0 bridgehead atoms. The van der Waals surface area contributed by atoms with Crippen molar-refractivity contribution in [1.29, 1.82) is 0 Å². The second-order valence-corrected chi connectivity index (χ2v) is 5.88. The SMILES string of the molecule is CCC(=NNC(=O)C(=O)c1c(CC)cc(C)cc1CC)SC. The molecule has 1 N–H and O–H groups in total. The molecular weight excluding hydrogens is 296 g/mol. The van der Waals surface area contributed by atoms with Crippen molar-refractivity contribution in [1.82, 2.24) is 5.43 Å². The Labute approximate surface area is 136 Å². The molecule has 1 aromatic carbocycles. The Kier molecular flexibility index (Phi) is 7.32. The van der Waals surface area contributed by atoms with Crippen LogP contribution in [0, 0.1) is 6.92 Å². The van der Waals surface area contributed by atoms with E-state index in [1.165, 1.54) is 11.8 Å². The number of rotatable bonds is 6. The van der Waals surface area contributed by atoms with E-state index in [9.17, 15) is 9.59 Å². The van der Waals surface area contributed by atoms with E-state index in [2.05, 4.69) is 10.5 Å². The number of nitrogens with one attached hydrogen (secondary N) is 1. The Balaban J connectivity index is 3.12. The molecule has 0 aliphatic carbocycles. The van der Waals surface area contributed by atoms with Crippen LogP contribution < -0.4 is 5.43 Å². The molecule has 0 aliphatic rings. The molecule has 0 spiro atoms. The fourth-order valence-corrected chi connectivity index (χ4v) is 2.76. The minimum atomic E-state index is -0.673. The summed E-state index contributed by atoms with van der Waals surface area (Å²) in [5, 5.41) is 4.78. The van der Waals surface area contributed by atoms with Crippen molar-refractivity contribution in [2.75, 3.05) is 6.26 Å². The highest BCUT2D eigenvalue weighted by Crippen LogP contribution is 2.20. The molecule has 0 unspecified atom stereocenters. The third-order valence-corrected chi connectivity index (χ3v) is 4.31. The number of nitrogens with zero attached hydrogens (tertiary/aromatic N) is 1. The first kappa shape index (κ1) is 18.4. The highest BCUT2D eigenvalue weighted by atomic mass is 32.2. The van der Waals surface area contributed by atoms with E-state index in [1.54, 1.807) is 0 Å². The predicted molar refractivity (Wildman–Crippen MR) is 93.6 cm³/mol. The molecule has 0 aliphatic heterocycles. The molecule has 0 saturated carbocycles. The second kappa shape index (κ2) is 8.73. The van der Waals surface area contributed by atoms with Crippen LogP contribution in [0.25, 0.3) is 0 Å². The predicted octanol–water partition coefficient (Wildman–Crippen LogP) is 3.51. The summed E-state index contributed by atoms with van der Waals surface area (Å²) < 4.78 is 0. The van der Waals surface area contributed by atoms with E-state index in [4.69, 9.17) is 0 Å². The van der Waals surface area contributed by atoms with E-state index in [0.29, 0.717) is 5.56 Å². The molecule has 0 heterocycles. The number of carbonyl (C=O) groups excluding carboxylic acids is 2. The minimum absolute atomic E-state index is 0.506. The van der Waals surface area contributed by atoms with Gasteiger partial charge < -0.3 is 0 Å². The summed E-state index contributed by atoms with van der Waals surface area (Å²) in [7, 11) is 0. The monoisotopic (exact) mass is 320 g/mol. The van der Waals surface area contributed by atoms with Gasteiger partial charge in [-0.25, -0.2) is 5.43 Å². The Morgan fingerprint density at radius 2 is 1.68 bits per heavy atom.